The Kier molecular flexibility index (Phi) is 7.79. The summed E-state index contributed by atoms with van der Waals surface area (Å²) in [6.07, 6.45) is 3.18. The summed E-state index contributed by atoms with van der Waals surface area (Å²) in [6, 6.07) is 3.75. The van der Waals surface area contributed by atoms with E-state index in [1.165, 1.54) is 0 Å². The first kappa shape index (κ1) is 17.8. The van der Waals surface area contributed by atoms with Gasteiger partial charge in [0.05, 0.1) is 19.1 Å². The molecule has 0 aliphatic carbocycles. The van der Waals surface area contributed by atoms with Gasteiger partial charge in [-0.15, -0.1) is 0 Å². The fourth-order valence-electron chi connectivity index (χ4n) is 1.80. The molecule has 0 saturated carbocycles. The van der Waals surface area contributed by atoms with E-state index < -0.39 is 5.97 Å². The van der Waals surface area contributed by atoms with E-state index in [1.54, 1.807) is 12.5 Å². The van der Waals surface area contributed by atoms with Crippen LogP contribution in [0.3, 0.4) is 0 Å². The van der Waals surface area contributed by atoms with Gasteiger partial charge < -0.3 is 19.2 Å². The van der Waals surface area contributed by atoms with Gasteiger partial charge in [-0.05, 0) is 18.9 Å². The Morgan fingerprint density at radius 1 is 1.45 bits per heavy atom. The highest BCUT2D eigenvalue weighted by Crippen LogP contribution is 2.14. The Balaban J connectivity index is 2.74. The van der Waals surface area contributed by atoms with Gasteiger partial charge in [-0.2, -0.15) is 5.26 Å². The summed E-state index contributed by atoms with van der Waals surface area (Å²) in [7, 11) is 0. The minimum atomic E-state index is -0.634. The Labute approximate surface area is 130 Å². The van der Waals surface area contributed by atoms with Crippen molar-refractivity contribution in [2.75, 3.05) is 19.8 Å². The van der Waals surface area contributed by atoms with Crippen LogP contribution in [0.15, 0.2) is 34.3 Å². The zero-order valence-corrected chi connectivity index (χ0v) is 13.2. The molecule has 0 fully saturated rings. The summed E-state index contributed by atoms with van der Waals surface area (Å²) in [6.45, 7) is 7.15. The Bertz CT molecular complexity index is 527. The van der Waals surface area contributed by atoms with Crippen molar-refractivity contribution in [3.63, 3.8) is 0 Å². The number of nitriles is 1. The molecule has 0 atom stereocenters. The van der Waals surface area contributed by atoms with E-state index in [0.29, 0.717) is 25.5 Å². The lowest BCUT2D eigenvalue weighted by atomic mass is 10.0. The van der Waals surface area contributed by atoms with Gasteiger partial charge in [-0.3, -0.25) is 0 Å². The Hall–Kier alpha value is -2.26. The number of nitrogens with zero attached hydrogens (tertiary/aromatic N) is 1. The van der Waals surface area contributed by atoms with Crippen LogP contribution in [0.1, 0.15) is 26.3 Å². The van der Waals surface area contributed by atoms with E-state index in [1.807, 2.05) is 32.9 Å². The number of esters is 1. The summed E-state index contributed by atoms with van der Waals surface area (Å²) in [5, 5.41) is 12.4. The molecule has 120 valence electrons. The lowest BCUT2D eigenvalue weighted by molar-refractivity contribution is -0.140. The number of ether oxygens (including phenoxy) is 2. The van der Waals surface area contributed by atoms with Crippen LogP contribution in [0.4, 0.5) is 0 Å². The maximum absolute atomic E-state index is 12.0. The number of furan rings is 1. The Morgan fingerprint density at radius 3 is 2.77 bits per heavy atom. The SMILES string of the molecule is CCOCCOC(=O)/C(C#N)=C(/NCc1ccoc1)C(C)C. The smallest absolute Gasteiger partial charge is 0.350 e. The van der Waals surface area contributed by atoms with Crippen molar-refractivity contribution < 1.29 is 18.7 Å². The zero-order valence-electron chi connectivity index (χ0n) is 13.2. The van der Waals surface area contributed by atoms with E-state index in [2.05, 4.69) is 5.32 Å². The monoisotopic (exact) mass is 306 g/mol. The largest absolute Gasteiger partial charge is 0.472 e. The molecular formula is C16H22N2O4. The molecule has 1 heterocycles. The third-order valence-electron chi connectivity index (χ3n) is 2.89. The molecule has 0 aliphatic rings. The normalized spacial score (nSPS) is 11.8. The molecule has 22 heavy (non-hydrogen) atoms. The number of carbonyl (C=O) groups excluding carboxylic acids is 1. The summed E-state index contributed by atoms with van der Waals surface area (Å²) < 4.78 is 15.2. The molecule has 1 aromatic heterocycles. The van der Waals surface area contributed by atoms with Crippen molar-refractivity contribution in [3.05, 3.63) is 35.4 Å². The average molecular weight is 306 g/mol. The maximum Gasteiger partial charge on any atom is 0.350 e. The van der Waals surface area contributed by atoms with Crippen LogP contribution < -0.4 is 5.32 Å². The van der Waals surface area contributed by atoms with Crippen molar-refractivity contribution in [3.8, 4) is 6.07 Å². The van der Waals surface area contributed by atoms with Gasteiger partial charge >= 0.3 is 5.97 Å². The number of hydrogen-bond acceptors (Lipinski definition) is 6. The first-order valence-electron chi connectivity index (χ1n) is 7.24. The molecule has 0 aromatic carbocycles. The quantitative estimate of drug-likeness (QED) is 0.326. The predicted octanol–water partition coefficient (Wildman–Crippen LogP) is 2.38. The highest BCUT2D eigenvalue weighted by Gasteiger charge is 2.19. The van der Waals surface area contributed by atoms with Gasteiger partial charge in [0.1, 0.15) is 12.7 Å². The molecule has 0 saturated heterocycles. The maximum atomic E-state index is 12.0. The standard InChI is InChI=1S/C16H22N2O4/c1-4-20-7-8-22-16(19)14(9-17)15(12(2)3)18-10-13-5-6-21-11-13/h5-6,11-12,18H,4,7-8,10H2,1-3H3/b15-14+. The van der Waals surface area contributed by atoms with Crippen molar-refractivity contribution in [2.45, 2.75) is 27.3 Å². The van der Waals surface area contributed by atoms with Crippen molar-refractivity contribution >= 4 is 5.97 Å². The molecule has 1 N–H and O–H groups in total. The van der Waals surface area contributed by atoms with Crippen LogP contribution in [0.2, 0.25) is 0 Å². The lowest BCUT2D eigenvalue weighted by Crippen LogP contribution is -2.23. The minimum Gasteiger partial charge on any atom is -0.472 e. The van der Waals surface area contributed by atoms with Gasteiger partial charge in [0.25, 0.3) is 0 Å². The van der Waals surface area contributed by atoms with Crippen LogP contribution in [0.25, 0.3) is 0 Å². The first-order chi connectivity index (χ1) is 10.6. The van der Waals surface area contributed by atoms with Gasteiger partial charge in [-0.1, -0.05) is 13.8 Å². The fourth-order valence-corrected chi connectivity index (χ4v) is 1.80. The van der Waals surface area contributed by atoms with Crippen LogP contribution in [0, 0.1) is 17.2 Å². The molecule has 6 nitrogen and oxygen atoms in total. The zero-order chi connectivity index (χ0) is 16.4. The lowest BCUT2D eigenvalue weighted by Gasteiger charge is -2.16. The van der Waals surface area contributed by atoms with E-state index in [0.717, 1.165) is 5.56 Å². The molecule has 6 heteroatoms. The molecule has 1 rings (SSSR count). The topological polar surface area (TPSA) is 84.5 Å². The second-order valence-electron chi connectivity index (χ2n) is 4.87. The van der Waals surface area contributed by atoms with Gasteiger partial charge in [0.15, 0.2) is 5.57 Å². The second-order valence-corrected chi connectivity index (χ2v) is 4.87. The third-order valence-corrected chi connectivity index (χ3v) is 2.89. The molecule has 0 unspecified atom stereocenters. The number of hydrogen-bond donors (Lipinski definition) is 1. The van der Waals surface area contributed by atoms with E-state index in [9.17, 15) is 10.1 Å². The summed E-state index contributed by atoms with van der Waals surface area (Å²) in [5.41, 5.74) is 1.49. The summed E-state index contributed by atoms with van der Waals surface area (Å²) >= 11 is 0. The van der Waals surface area contributed by atoms with Crippen molar-refractivity contribution in [1.82, 2.24) is 5.32 Å². The van der Waals surface area contributed by atoms with Gasteiger partial charge in [0, 0.05) is 24.4 Å². The highest BCUT2D eigenvalue weighted by molar-refractivity contribution is 5.93. The molecule has 1 aromatic rings. The van der Waals surface area contributed by atoms with Crippen LogP contribution in [0.5, 0.6) is 0 Å². The summed E-state index contributed by atoms with van der Waals surface area (Å²) in [5.74, 6) is -0.647. The molecule has 0 aliphatic heterocycles. The molecule has 0 bridgehead atoms. The van der Waals surface area contributed by atoms with Gasteiger partial charge in [-0.25, -0.2) is 4.79 Å². The number of rotatable bonds is 9. The molecular weight excluding hydrogens is 284 g/mol. The number of carbonyl (C=O) groups is 1. The number of allylic oxidation sites excluding steroid dienone is 1. The average Bonchev–Trinajstić information content (AvgIpc) is 3.00. The molecule has 0 spiro atoms. The molecule has 0 radical (unpaired) electrons. The van der Waals surface area contributed by atoms with E-state index in [-0.39, 0.29) is 18.1 Å². The van der Waals surface area contributed by atoms with Crippen LogP contribution in [-0.2, 0) is 20.8 Å². The second kappa shape index (κ2) is 9.64. The van der Waals surface area contributed by atoms with Crippen LogP contribution in [-0.4, -0.2) is 25.8 Å². The predicted molar refractivity (Wildman–Crippen MR) is 80.5 cm³/mol. The summed E-state index contributed by atoms with van der Waals surface area (Å²) in [4.78, 5) is 12.0. The van der Waals surface area contributed by atoms with E-state index in [4.69, 9.17) is 13.9 Å². The number of nitrogens with one attached hydrogen (secondary N) is 1. The van der Waals surface area contributed by atoms with Crippen molar-refractivity contribution in [2.24, 2.45) is 5.92 Å². The third kappa shape index (κ3) is 5.62. The van der Waals surface area contributed by atoms with Crippen molar-refractivity contribution in [1.29, 1.82) is 5.26 Å². The van der Waals surface area contributed by atoms with Crippen LogP contribution >= 0.6 is 0 Å². The molecule has 0 amide bonds. The minimum absolute atomic E-state index is 0.00464. The van der Waals surface area contributed by atoms with E-state index >= 15 is 0 Å². The Morgan fingerprint density at radius 2 is 2.23 bits per heavy atom. The fraction of sp³-hybridized carbons (Fsp3) is 0.500. The highest BCUT2D eigenvalue weighted by atomic mass is 16.6. The van der Waals surface area contributed by atoms with Gasteiger partial charge in [0.2, 0.25) is 0 Å². The first-order valence-corrected chi connectivity index (χ1v) is 7.24.